The highest BCUT2D eigenvalue weighted by atomic mass is 16.4. The molecule has 0 bridgehead atoms. The largest absolute Gasteiger partial charge is 0.550 e. The molecule has 0 unspecified atom stereocenters. The van der Waals surface area contributed by atoms with Gasteiger partial charge >= 0.3 is 0 Å². The third-order valence-corrected chi connectivity index (χ3v) is 3.47. The molecule has 0 heterocycles. The highest BCUT2D eigenvalue weighted by molar-refractivity contribution is 5.64. The molecule has 0 aromatic heterocycles. The second kappa shape index (κ2) is 16.2. The molecular weight excluding hydrogens is 304 g/mol. The van der Waals surface area contributed by atoms with Crippen molar-refractivity contribution >= 4 is 5.97 Å². The van der Waals surface area contributed by atoms with Gasteiger partial charge in [-0.05, 0) is 38.5 Å². The lowest BCUT2D eigenvalue weighted by atomic mass is 10.1. The van der Waals surface area contributed by atoms with E-state index in [0.29, 0.717) is 6.42 Å². The van der Waals surface area contributed by atoms with E-state index in [1.165, 1.54) is 25.3 Å². The van der Waals surface area contributed by atoms with Crippen LogP contribution in [0.5, 0.6) is 0 Å². The van der Waals surface area contributed by atoms with E-state index in [0.717, 1.165) is 12.8 Å². The maximum Gasteiger partial charge on any atom is 0.0982 e. The molecule has 4 heteroatoms. The number of unbranched alkanes of at least 4 members (excludes halogenated alkanes) is 3. The Labute approximate surface area is 145 Å². The Morgan fingerprint density at radius 3 is 2.46 bits per heavy atom. The van der Waals surface area contributed by atoms with E-state index in [-0.39, 0.29) is 12.8 Å². The number of hydrogen-bond donors (Lipinski definition) is 2. The van der Waals surface area contributed by atoms with Crippen LogP contribution in [-0.4, -0.2) is 28.4 Å². The lowest BCUT2D eigenvalue weighted by molar-refractivity contribution is -0.305. The van der Waals surface area contributed by atoms with E-state index in [9.17, 15) is 20.1 Å². The number of carboxylic acids is 1. The molecule has 4 nitrogen and oxygen atoms in total. The van der Waals surface area contributed by atoms with Crippen molar-refractivity contribution in [2.75, 3.05) is 0 Å². The smallest absolute Gasteiger partial charge is 0.0982 e. The summed E-state index contributed by atoms with van der Waals surface area (Å²) in [6, 6.07) is 0. The van der Waals surface area contributed by atoms with Crippen LogP contribution in [0.3, 0.4) is 0 Å². The van der Waals surface area contributed by atoms with E-state index >= 15 is 0 Å². The molecule has 0 aromatic carbocycles. The van der Waals surface area contributed by atoms with Crippen molar-refractivity contribution < 1.29 is 20.1 Å². The first-order valence-electron chi connectivity index (χ1n) is 8.78. The Balaban J connectivity index is 3.81. The number of rotatable bonds is 14. The third-order valence-electron chi connectivity index (χ3n) is 3.47. The summed E-state index contributed by atoms with van der Waals surface area (Å²) in [6.45, 7) is 2.20. The van der Waals surface area contributed by atoms with E-state index in [2.05, 4.69) is 19.1 Å². The predicted molar refractivity (Wildman–Crippen MR) is 96.2 cm³/mol. The molecule has 0 aliphatic rings. The molecule has 0 aromatic rings. The van der Waals surface area contributed by atoms with Crippen LogP contribution in [0.2, 0.25) is 0 Å². The highest BCUT2D eigenvalue weighted by Gasteiger charge is 2.11. The van der Waals surface area contributed by atoms with Crippen LogP contribution in [0, 0.1) is 0 Å². The average Bonchev–Trinajstić information content (AvgIpc) is 2.55. The average molecular weight is 335 g/mol. The van der Waals surface area contributed by atoms with Crippen molar-refractivity contribution in [1.82, 2.24) is 0 Å². The minimum Gasteiger partial charge on any atom is -0.550 e. The van der Waals surface area contributed by atoms with Crippen molar-refractivity contribution in [3.63, 3.8) is 0 Å². The van der Waals surface area contributed by atoms with Gasteiger partial charge in [-0.2, -0.15) is 0 Å². The van der Waals surface area contributed by atoms with Crippen LogP contribution >= 0.6 is 0 Å². The van der Waals surface area contributed by atoms with Crippen molar-refractivity contribution in [3.8, 4) is 0 Å². The lowest BCUT2D eigenvalue weighted by Gasteiger charge is -2.14. The molecule has 0 spiro atoms. The molecule has 0 amide bonds. The molecule has 0 fully saturated rings. The summed E-state index contributed by atoms with van der Waals surface area (Å²) in [4.78, 5) is 10.3. The molecule has 2 atom stereocenters. The summed E-state index contributed by atoms with van der Waals surface area (Å²) in [6.07, 6.45) is 19.4. The molecule has 0 radical (unpaired) electrons. The zero-order chi connectivity index (χ0) is 18.0. The van der Waals surface area contributed by atoms with Crippen LogP contribution in [0.15, 0.2) is 48.6 Å². The quantitative estimate of drug-likeness (QED) is 0.291. The van der Waals surface area contributed by atoms with Gasteiger partial charge < -0.3 is 20.1 Å². The monoisotopic (exact) mass is 335 g/mol. The minimum atomic E-state index is -1.14. The Morgan fingerprint density at radius 1 is 1.00 bits per heavy atom. The number of aliphatic hydroxyl groups excluding tert-OH is 2. The van der Waals surface area contributed by atoms with Crippen molar-refractivity contribution in [1.29, 1.82) is 0 Å². The highest BCUT2D eigenvalue weighted by Crippen LogP contribution is 2.06. The molecular formula is C20H31O4-. The Hall–Kier alpha value is -1.65. The molecule has 24 heavy (non-hydrogen) atoms. The molecule has 0 rings (SSSR count). The minimum absolute atomic E-state index is 0.106. The van der Waals surface area contributed by atoms with Gasteiger partial charge in [0.2, 0.25) is 0 Å². The van der Waals surface area contributed by atoms with Gasteiger partial charge in [-0.1, -0.05) is 68.4 Å². The van der Waals surface area contributed by atoms with Gasteiger partial charge in [-0.3, -0.25) is 0 Å². The second-order valence-electron chi connectivity index (χ2n) is 5.72. The predicted octanol–water partition coefficient (Wildman–Crippen LogP) is 2.82. The third kappa shape index (κ3) is 15.3. The number of carbonyl (C=O) groups excluding carboxylic acids is 1. The van der Waals surface area contributed by atoms with Crippen molar-refractivity contribution in [2.24, 2.45) is 0 Å². The van der Waals surface area contributed by atoms with Gasteiger partial charge in [-0.25, -0.2) is 0 Å². The van der Waals surface area contributed by atoms with Gasteiger partial charge in [0.1, 0.15) is 0 Å². The van der Waals surface area contributed by atoms with Crippen LogP contribution in [0.4, 0.5) is 0 Å². The van der Waals surface area contributed by atoms with Gasteiger partial charge in [0.05, 0.1) is 12.2 Å². The number of allylic oxidation sites excluding steroid dienone is 7. The molecule has 0 aliphatic heterocycles. The summed E-state index contributed by atoms with van der Waals surface area (Å²) in [5, 5.41) is 29.6. The number of aliphatic hydroxyl groups is 2. The molecule has 0 saturated carbocycles. The van der Waals surface area contributed by atoms with E-state index in [4.69, 9.17) is 0 Å². The van der Waals surface area contributed by atoms with Crippen LogP contribution in [0.25, 0.3) is 0 Å². The van der Waals surface area contributed by atoms with Gasteiger partial charge in [0.15, 0.2) is 0 Å². The molecule has 0 aliphatic carbocycles. The van der Waals surface area contributed by atoms with Crippen LogP contribution < -0.4 is 5.11 Å². The molecule has 0 saturated heterocycles. The maximum atomic E-state index is 10.3. The Bertz CT molecular complexity index is 421. The first-order chi connectivity index (χ1) is 11.6. The van der Waals surface area contributed by atoms with Gasteiger partial charge in [0, 0.05) is 5.97 Å². The van der Waals surface area contributed by atoms with Crippen molar-refractivity contribution in [3.05, 3.63) is 48.6 Å². The second-order valence-corrected chi connectivity index (χ2v) is 5.72. The summed E-state index contributed by atoms with van der Waals surface area (Å²) in [5.41, 5.74) is 0. The zero-order valence-corrected chi connectivity index (χ0v) is 14.6. The van der Waals surface area contributed by atoms with Gasteiger partial charge in [0.25, 0.3) is 0 Å². The van der Waals surface area contributed by atoms with Gasteiger partial charge in [-0.15, -0.1) is 0 Å². The summed E-state index contributed by atoms with van der Waals surface area (Å²) < 4.78 is 0. The topological polar surface area (TPSA) is 80.6 Å². The molecule has 2 N–H and O–H groups in total. The first-order valence-corrected chi connectivity index (χ1v) is 8.78. The number of hydrogen-bond acceptors (Lipinski definition) is 4. The van der Waals surface area contributed by atoms with E-state index in [1.54, 1.807) is 12.2 Å². The maximum absolute atomic E-state index is 10.3. The fourth-order valence-electron chi connectivity index (χ4n) is 2.02. The standard InChI is InChI=1S/C20H32O4/c1-2-3-4-5-6-7-8-9-10-11-12-13-15-18(21)19(22)16-14-17-20(23)24/h6-7,9-13,15,18-19,21-22H,2-5,8,14,16-17H2,1H3,(H,23,24)/p-1/b7-6-,10-9-,12-11+,15-13+/t18-,19+/m1/s1. The van der Waals surface area contributed by atoms with E-state index in [1.807, 2.05) is 18.2 Å². The SMILES string of the molecule is CCCCC/C=C\C\C=C/C=C/C=C/[C@@H](O)[C@@H](O)CCCC(=O)[O-]. The van der Waals surface area contributed by atoms with Crippen molar-refractivity contribution in [2.45, 2.75) is 70.5 Å². The number of carbonyl (C=O) groups is 1. The molecule has 136 valence electrons. The van der Waals surface area contributed by atoms with Crippen LogP contribution in [0.1, 0.15) is 58.3 Å². The Kier molecular flexibility index (Phi) is 15.1. The fraction of sp³-hybridized carbons (Fsp3) is 0.550. The number of carboxylic acid groups (broad SMARTS) is 1. The summed E-state index contributed by atoms with van der Waals surface area (Å²) in [7, 11) is 0. The summed E-state index contributed by atoms with van der Waals surface area (Å²) >= 11 is 0. The zero-order valence-electron chi connectivity index (χ0n) is 14.6. The Morgan fingerprint density at radius 2 is 1.75 bits per heavy atom. The normalized spacial score (nSPS) is 15.1. The van der Waals surface area contributed by atoms with E-state index < -0.39 is 18.2 Å². The van der Waals surface area contributed by atoms with Crippen LogP contribution in [-0.2, 0) is 4.79 Å². The first kappa shape index (κ1) is 22.4. The summed E-state index contributed by atoms with van der Waals surface area (Å²) in [5.74, 6) is -1.14. The lowest BCUT2D eigenvalue weighted by Crippen LogP contribution is -2.26. The number of aliphatic carboxylic acids is 1. The fourth-order valence-corrected chi connectivity index (χ4v) is 2.02.